The first-order chi connectivity index (χ1) is 8.74. The maximum atomic E-state index is 5.85. The van der Waals surface area contributed by atoms with Crippen LogP contribution in [0.2, 0.25) is 5.02 Å². The number of nitrogens with one attached hydrogen (secondary N) is 1. The Balaban J connectivity index is 1.62. The summed E-state index contributed by atoms with van der Waals surface area (Å²) in [7, 11) is 2.14. The molecule has 1 unspecified atom stereocenters. The van der Waals surface area contributed by atoms with Gasteiger partial charge in [0.15, 0.2) is 0 Å². The summed E-state index contributed by atoms with van der Waals surface area (Å²) < 4.78 is 5.69. The average molecular weight is 269 g/mol. The molecule has 1 aromatic rings. The molecular weight excluding hydrogens is 248 g/mol. The Morgan fingerprint density at radius 2 is 2.17 bits per heavy atom. The lowest BCUT2D eigenvalue weighted by molar-refractivity contribution is -0.0179. The fraction of sp³-hybridized carbons (Fsp3) is 0.571. The minimum absolute atomic E-state index is 0.328. The zero-order valence-electron chi connectivity index (χ0n) is 10.9. The number of morpholine rings is 1. The Labute approximate surface area is 114 Å². The van der Waals surface area contributed by atoms with E-state index in [0.717, 1.165) is 44.2 Å². The van der Waals surface area contributed by atoms with Crippen molar-refractivity contribution in [3.05, 3.63) is 34.9 Å². The Kier molecular flexibility index (Phi) is 5.45. The van der Waals surface area contributed by atoms with Gasteiger partial charge in [-0.1, -0.05) is 23.7 Å². The largest absolute Gasteiger partial charge is 0.374 e. The van der Waals surface area contributed by atoms with Crippen molar-refractivity contribution in [2.24, 2.45) is 0 Å². The van der Waals surface area contributed by atoms with Gasteiger partial charge in [-0.3, -0.25) is 0 Å². The summed E-state index contributed by atoms with van der Waals surface area (Å²) in [6.07, 6.45) is 1.36. The second-order valence-electron chi connectivity index (χ2n) is 4.84. The first-order valence-electron chi connectivity index (χ1n) is 6.49. The van der Waals surface area contributed by atoms with Crippen molar-refractivity contribution in [3.63, 3.8) is 0 Å². The van der Waals surface area contributed by atoms with E-state index >= 15 is 0 Å². The molecule has 2 rings (SSSR count). The molecule has 0 aliphatic carbocycles. The van der Waals surface area contributed by atoms with Crippen LogP contribution in [0.25, 0.3) is 0 Å². The summed E-state index contributed by atoms with van der Waals surface area (Å²) in [5.74, 6) is 0. The van der Waals surface area contributed by atoms with Crippen LogP contribution in [0.1, 0.15) is 5.56 Å². The van der Waals surface area contributed by atoms with Gasteiger partial charge in [0.05, 0.1) is 12.7 Å². The van der Waals surface area contributed by atoms with E-state index in [-0.39, 0.29) is 0 Å². The van der Waals surface area contributed by atoms with Crippen LogP contribution in [0.3, 0.4) is 0 Å². The number of rotatable bonds is 5. The monoisotopic (exact) mass is 268 g/mol. The lowest BCUT2D eigenvalue weighted by Crippen LogP contribution is -2.45. The molecule has 1 aliphatic heterocycles. The standard InChI is InChI=1S/C14H21ClN2O/c1-17-8-9-18-14(11-17)10-16-7-6-12-2-4-13(15)5-3-12/h2-5,14,16H,6-11H2,1H3. The van der Waals surface area contributed by atoms with Crippen molar-refractivity contribution in [2.45, 2.75) is 12.5 Å². The molecule has 100 valence electrons. The van der Waals surface area contributed by atoms with E-state index < -0.39 is 0 Å². The lowest BCUT2D eigenvalue weighted by Gasteiger charge is -2.30. The Bertz CT molecular complexity index is 355. The molecule has 0 saturated carbocycles. The maximum Gasteiger partial charge on any atom is 0.0826 e. The topological polar surface area (TPSA) is 24.5 Å². The zero-order valence-corrected chi connectivity index (χ0v) is 11.6. The third-order valence-corrected chi connectivity index (χ3v) is 3.47. The third kappa shape index (κ3) is 4.58. The van der Waals surface area contributed by atoms with Crippen LogP contribution in [-0.2, 0) is 11.2 Å². The van der Waals surface area contributed by atoms with Gasteiger partial charge in [-0.25, -0.2) is 0 Å². The predicted octanol–water partition coefficient (Wildman–Crippen LogP) is 1.80. The second kappa shape index (κ2) is 7.10. The van der Waals surface area contributed by atoms with Crippen LogP contribution in [0.15, 0.2) is 24.3 Å². The predicted molar refractivity (Wildman–Crippen MR) is 75.3 cm³/mol. The molecule has 1 N–H and O–H groups in total. The van der Waals surface area contributed by atoms with Crippen LogP contribution in [0.4, 0.5) is 0 Å². The molecule has 0 spiro atoms. The Morgan fingerprint density at radius 3 is 2.89 bits per heavy atom. The van der Waals surface area contributed by atoms with Gasteiger partial charge < -0.3 is 15.0 Å². The molecule has 1 aromatic carbocycles. The van der Waals surface area contributed by atoms with Crippen molar-refractivity contribution in [1.29, 1.82) is 0 Å². The summed E-state index contributed by atoms with van der Waals surface area (Å²) in [4.78, 5) is 2.31. The van der Waals surface area contributed by atoms with Gasteiger partial charge >= 0.3 is 0 Å². The van der Waals surface area contributed by atoms with Gasteiger partial charge in [0.25, 0.3) is 0 Å². The number of ether oxygens (including phenoxy) is 1. The number of likely N-dealkylation sites (N-methyl/N-ethyl adjacent to an activating group) is 1. The number of hydrogen-bond acceptors (Lipinski definition) is 3. The van der Waals surface area contributed by atoms with Gasteiger partial charge in [0.2, 0.25) is 0 Å². The summed E-state index contributed by atoms with van der Waals surface area (Å²) >= 11 is 5.85. The molecule has 1 saturated heterocycles. The molecule has 1 aliphatic rings. The summed E-state index contributed by atoms with van der Waals surface area (Å²) in [5, 5.41) is 4.25. The Hall–Kier alpha value is -0.610. The molecule has 3 nitrogen and oxygen atoms in total. The fourth-order valence-electron chi connectivity index (χ4n) is 2.14. The average Bonchev–Trinajstić information content (AvgIpc) is 2.37. The minimum Gasteiger partial charge on any atom is -0.374 e. The van der Waals surface area contributed by atoms with E-state index in [1.54, 1.807) is 0 Å². The van der Waals surface area contributed by atoms with Crippen molar-refractivity contribution in [2.75, 3.05) is 39.8 Å². The smallest absolute Gasteiger partial charge is 0.0826 e. The van der Waals surface area contributed by atoms with Crippen LogP contribution >= 0.6 is 11.6 Å². The molecule has 1 atom stereocenters. The summed E-state index contributed by atoms with van der Waals surface area (Å²) in [5.41, 5.74) is 1.31. The zero-order chi connectivity index (χ0) is 12.8. The van der Waals surface area contributed by atoms with Crippen molar-refractivity contribution < 1.29 is 4.74 Å². The number of hydrogen-bond donors (Lipinski definition) is 1. The SMILES string of the molecule is CN1CCOC(CNCCc2ccc(Cl)cc2)C1. The second-order valence-corrected chi connectivity index (χ2v) is 5.27. The molecule has 1 heterocycles. The highest BCUT2D eigenvalue weighted by Crippen LogP contribution is 2.09. The lowest BCUT2D eigenvalue weighted by atomic mass is 10.1. The summed E-state index contributed by atoms with van der Waals surface area (Å²) in [6.45, 7) is 4.82. The Morgan fingerprint density at radius 1 is 1.39 bits per heavy atom. The quantitative estimate of drug-likeness (QED) is 0.825. The minimum atomic E-state index is 0.328. The highest BCUT2D eigenvalue weighted by Gasteiger charge is 2.16. The molecule has 0 aromatic heterocycles. The molecule has 1 fully saturated rings. The van der Waals surface area contributed by atoms with Crippen LogP contribution in [0, 0.1) is 0 Å². The first kappa shape index (κ1) is 13.8. The van der Waals surface area contributed by atoms with Crippen molar-refractivity contribution in [3.8, 4) is 0 Å². The van der Waals surface area contributed by atoms with Gasteiger partial charge in [0.1, 0.15) is 0 Å². The van der Waals surface area contributed by atoms with Crippen LogP contribution < -0.4 is 5.32 Å². The number of benzene rings is 1. The van der Waals surface area contributed by atoms with Gasteiger partial charge in [-0.15, -0.1) is 0 Å². The van der Waals surface area contributed by atoms with Gasteiger partial charge in [-0.05, 0) is 37.7 Å². The molecular formula is C14H21ClN2O. The van der Waals surface area contributed by atoms with Crippen molar-refractivity contribution >= 4 is 11.6 Å². The molecule has 0 radical (unpaired) electrons. The van der Waals surface area contributed by atoms with E-state index in [4.69, 9.17) is 16.3 Å². The van der Waals surface area contributed by atoms with E-state index in [9.17, 15) is 0 Å². The maximum absolute atomic E-state index is 5.85. The van der Waals surface area contributed by atoms with Gasteiger partial charge in [-0.2, -0.15) is 0 Å². The van der Waals surface area contributed by atoms with E-state index in [1.165, 1.54) is 5.56 Å². The van der Waals surface area contributed by atoms with Crippen molar-refractivity contribution in [1.82, 2.24) is 10.2 Å². The number of halogens is 1. The number of nitrogens with zero attached hydrogens (tertiary/aromatic N) is 1. The first-order valence-corrected chi connectivity index (χ1v) is 6.87. The van der Waals surface area contributed by atoms with E-state index in [1.807, 2.05) is 12.1 Å². The third-order valence-electron chi connectivity index (χ3n) is 3.22. The van der Waals surface area contributed by atoms with E-state index in [0.29, 0.717) is 6.10 Å². The normalized spacial score (nSPS) is 21.1. The molecule has 0 amide bonds. The highest BCUT2D eigenvalue weighted by atomic mass is 35.5. The summed E-state index contributed by atoms with van der Waals surface area (Å²) in [6, 6.07) is 8.04. The fourth-order valence-corrected chi connectivity index (χ4v) is 2.26. The van der Waals surface area contributed by atoms with Crippen LogP contribution in [-0.4, -0.2) is 50.8 Å². The highest BCUT2D eigenvalue weighted by molar-refractivity contribution is 6.30. The molecule has 4 heteroatoms. The van der Waals surface area contributed by atoms with E-state index in [2.05, 4.69) is 29.4 Å². The van der Waals surface area contributed by atoms with Crippen LogP contribution in [0.5, 0.6) is 0 Å². The molecule has 18 heavy (non-hydrogen) atoms. The molecule has 0 bridgehead atoms. The van der Waals surface area contributed by atoms with Gasteiger partial charge in [0, 0.05) is 24.7 Å².